The normalized spacial score (nSPS) is 13.6. The largest absolute Gasteiger partial charge is 0.455 e. The molecule has 11 aromatic rings. The molecular weight excluding hydrogens is 747 g/mol. The van der Waals surface area contributed by atoms with Crippen molar-refractivity contribution < 1.29 is 4.42 Å². The van der Waals surface area contributed by atoms with Gasteiger partial charge in [0.1, 0.15) is 11.2 Å². The van der Waals surface area contributed by atoms with E-state index >= 15 is 0 Å². The molecular formula is C57H43NOS. The van der Waals surface area contributed by atoms with Gasteiger partial charge in [-0.2, -0.15) is 0 Å². The SMILES string of the molecule is CC(C)(C)c1ccc2c(c1)sc1cc(N(c3ccc4c(c3)-c3cc5ccccc5cc3C4(C)C)c3ccc4ccccc4c3-c3cccc4c3oc3ccccc34)ccc12. The minimum absolute atomic E-state index is 0.0779. The molecule has 0 aliphatic heterocycles. The van der Waals surface area contributed by atoms with Crippen LogP contribution in [0.15, 0.2) is 174 Å². The van der Waals surface area contributed by atoms with E-state index in [0.29, 0.717) is 0 Å². The van der Waals surface area contributed by atoms with Gasteiger partial charge in [-0.3, -0.25) is 0 Å². The number of furan rings is 1. The standard InChI is InChI=1S/C57H43NOS/c1-56(2,3)37-22-25-42-43-26-23-39(33-53(43)60-52(42)31-37)58(38-24-27-48-47(32-38)46-29-35-14-6-7-15-36(35)30-49(46)57(48,4)5)50-28-21-34-13-8-9-16-40(34)54(50)45-19-12-18-44-41-17-10-11-20-51(41)59-55(44)45/h6-33H,1-5H3. The molecule has 60 heavy (non-hydrogen) atoms. The van der Waals surface area contributed by atoms with Gasteiger partial charge in [0, 0.05) is 58.9 Å². The van der Waals surface area contributed by atoms with Gasteiger partial charge in [0.2, 0.25) is 0 Å². The molecule has 0 spiro atoms. The van der Waals surface area contributed by atoms with Crippen LogP contribution in [0.5, 0.6) is 0 Å². The van der Waals surface area contributed by atoms with Crippen molar-refractivity contribution in [3.8, 4) is 22.3 Å². The molecule has 2 aromatic heterocycles. The van der Waals surface area contributed by atoms with Crippen molar-refractivity contribution in [2.24, 2.45) is 0 Å². The van der Waals surface area contributed by atoms with Crippen LogP contribution in [0.4, 0.5) is 17.1 Å². The van der Waals surface area contributed by atoms with Gasteiger partial charge in [0.15, 0.2) is 0 Å². The molecule has 0 saturated heterocycles. The number of fused-ring (bicyclic) bond motifs is 11. The van der Waals surface area contributed by atoms with Crippen LogP contribution in [0.3, 0.4) is 0 Å². The van der Waals surface area contributed by atoms with Crippen molar-refractivity contribution in [1.82, 2.24) is 0 Å². The highest BCUT2D eigenvalue weighted by Gasteiger charge is 2.36. The van der Waals surface area contributed by atoms with E-state index in [1.165, 1.54) is 69.5 Å². The second-order valence-electron chi connectivity index (χ2n) is 18.1. The lowest BCUT2D eigenvalue weighted by atomic mass is 9.82. The highest BCUT2D eigenvalue weighted by molar-refractivity contribution is 7.25. The van der Waals surface area contributed by atoms with Crippen LogP contribution in [0.2, 0.25) is 0 Å². The summed E-state index contributed by atoms with van der Waals surface area (Å²) in [6.07, 6.45) is 0. The number of thiophene rings is 1. The Labute approximate surface area is 353 Å². The Morgan fingerprint density at radius 2 is 1.13 bits per heavy atom. The Bertz CT molecular complexity index is 3570. The minimum Gasteiger partial charge on any atom is -0.455 e. The quantitative estimate of drug-likeness (QED) is 0.177. The Balaban J connectivity index is 1.15. The Hall–Kier alpha value is -6.68. The second-order valence-corrected chi connectivity index (χ2v) is 19.2. The zero-order valence-electron chi connectivity index (χ0n) is 34.4. The highest BCUT2D eigenvalue weighted by Crippen LogP contribution is 2.54. The van der Waals surface area contributed by atoms with Crippen LogP contribution in [-0.2, 0) is 10.8 Å². The summed E-state index contributed by atoms with van der Waals surface area (Å²) in [7, 11) is 0. The average molecular weight is 790 g/mol. The first-order valence-electron chi connectivity index (χ1n) is 21.0. The van der Waals surface area contributed by atoms with E-state index in [1.807, 2.05) is 11.3 Å². The molecule has 1 aliphatic carbocycles. The Morgan fingerprint density at radius 1 is 0.483 bits per heavy atom. The van der Waals surface area contributed by atoms with Gasteiger partial charge in [0.05, 0.1) is 5.69 Å². The van der Waals surface area contributed by atoms with Crippen molar-refractivity contribution in [1.29, 1.82) is 0 Å². The van der Waals surface area contributed by atoms with Crippen molar-refractivity contribution in [3.63, 3.8) is 0 Å². The van der Waals surface area contributed by atoms with Crippen LogP contribution in [-0.4, -0.2) is 0 Å². The fourth-order valence-electron chi connectivity index (χ4n) is 10.0. The Morgan fingerprint density at radius 3 is 1.95 bits per heavy atom. The van der Waals surface area contributed by atoms with E-state index in [-0.39, 0.29) is 10.8 Å². The lowest BCUT2D eigenvalue weighted by molar-refractivity contribution is 0.591. The first kappa shape index (κ1) is 35.3. The maximum Gasteiger partial charge on any atom is 0.143 e. The van der Waals surface area contributed by atoms with E-state index in [0.717, 1.165) is 50.1 Å². The Kier molecular flexibility index (Phi) is 7.45. The predicted octanol–water partition coefficient (Wildman–Crippen LogP) is 17.0. The summed E-state index contributed by atoms with van der Waals surface area (Å²) in [5.41, 5.74) is 14.0. The van der Waals surface area contributed by atoms with Crippen LogP contribution in [0.1, 0.15) is 51.3 Å². The van der Waals surface area contributed by atoms with Gasteiger partial charge in [-0.25, -0.2) is 0 Å². The molecule has 3 heteroatoms. The number of hydrogen-bond donors (Lipinski definition) is 0. The van der Waals surface area contributed by atoms with E-state index in [2.05, 4.69) is 209 Å². The van der Waals surface area contributed by atoms with Gasteiger partial charge >= 0.3 is 0 Å². The van der Waals surface area contributed by atoms with E-state index in [4.69, 9.17) is 4.42 Å². The van der Waals surface area contributed by atoms with Gasteiger partial charge < -0.3 is 9.32 Å². The van der Waals surface area contributed by atoms with Gasteiger partial charge in [0.25, 0.3) is 0 Å². The fourth-order valence-corrected chi connectivity index (χ4v) is 11.2. The molecule has 2 nitrogen and oxygen atoms in total. The molecule has 0 atom stereocenters. The average Bonchev–Trinajstić information content (AvgIpc) is 3.89. The van der Waals surface area contributed by atoms with E-state index < -0.39 is 0 Å². The van der Waals surface area contributed by atoms with Crippen LogP contribution in [0, 0.1) is 0 Å². The van der Waals surface area contributed by atoms with E-state index in [1.54, 1.807) is 0 Å². The number of benzene rings is 9. The van der Waals surface area contributed by atoms with Crippen LogP contribution in [0.25, 0.3) is 85.9 Å². The number of anilines is 3. The summed E-state index contributed by atoms with van der Waals surface area (Å²) >= 11 is 1.89. The number of rotatable bonds is 4. The summed E-state index contributed by atoms with van der Waals surface area (Å²) in [4.78, 5) is 2.50. The zero-order chi connectivity index (χ0) is 40.5. The molecule has 1 aliphatic rings. The van der Waals surface area contributed by atoms with Gasteiger partial charge in [-0.15, -0.1) is 11.3 Å². The lowest BCUT2D eigenvalue weighted by Crippen LogP contribution is -2.15. The molecule has 0 unspecified atom stereocenters. The van der Waals surface area contributed by atoms with Crippen molar-refractivity contribution in [2.75, 3.05) is 4.90 Å². The summed E-state index contributed by atoms with van der Waals surface area (Å²) in [6, 6.07) is 63.3. The first-order valence-corrected chi connectivity index (χ1v) is 21.8. The fraction of sp³-hybridized carbons (Fsp3) is 0.123. The molecule has 12 rings (SSSR count). The molecule has 9 aromatic carbocycles. The molecule has 0 fully saturated rings. The topological polar surface area (TPSA) is 16.4 Å². The summed E-state index contributed by atoms with van der Waals surface area (Å²) in [5, 5.41) is 9.78. The second kappa shape index (κ2) is 12.7. The minimum atomic E-state index is -0.134. The smallest absolute Gasteiger partial charge is 0.143 e. The number of hydrogen-bond acceptors (Lipinski definition) is 3. The lowest BCUT2D eigenvalue weighted by Gasteiger charge is -2.30. The molecule has 0 radical (unpaired) electrons. The number of nitrogens with zero attached hydrogens (tertiary/aromatic N) is 1. The van der Waals surface area contributed by atoms with Crippen molar-refractivity contribution >= 4 is 92.1 Å². The third-order valence-electron chi connectivity index (χ3n) is 13.2. The first-order chi connectivity index (χ1) is 29.1. The molecule has 2 heterocycles. The van der Waals surface area contributed by atoms with E-state index in [9.17, 15) is 0 Å². The third kappa shape index (κ3) is 5.18. The number of para-hydroxylation sites is 2. The van der Waals surface area contributed by atoms with Gasteiger partial charge in [-0.1, -0.05) is 150 Å². The molecule has 288 valence electrons. The monoisotopic (exact) mass is 789 g/mol. The molecule has 0 bridgehead atoms. The summed E-state index contributed by atoms with van der Waals surface area (Å²) in [5.74, 6) is 0. The van der Waals surface area contributed by atoms with Crippen molar-refractivity contribution in [2.45, 2.75) is 45.4 Å². The molecule has 0 amide bonds. The molecule has 0 N–H and O–H groups in total. The highest BCUT2D eigenvalue weighted by atomic mass is 32.1. The van der Waals surface area contributed by atoms with Gasteiger partial charge in [-0.05, 0) is 109 Å². The summed E-state index contributed by atoms with van der Waals surface area (Å²) in [6.45, 7) is 11.6. The summed E-state index contributed by atoms with van der Waals surface area (Å²) < 4.78 is 9.40. The van der Waals surface area contributed by atoms with Crippen molar-refractivity contribution in [3.05, 3.63) is 187 Å². The zero-order valence-corrected chi connectivity index (χ0v) is 35.2. The van der Waals surface area contributed by atoms with Crippen LogP contribution >= 0.6 is 11.3 Å². The predicted molar refractivity (Wildman–Crippen MR) is 258 cm³/mol. The maximum absolute atomic E-state index is 6.80. The maximum atomic E-state index is 6.80. The molecule has 0 saturated carbocycles. The van der Waals surface area contributed by atoms with Crippen LogP contribution < -0.4 is 4.90 Å². The third-order valence-corrected chi connectivity index (χ3v) is 14.3.